The first-order valence-electron chi connectivity index (χ1n) is 12.4. The molecule has 0 unspecified atom stereocenters. The summed E-state index contributed by atoms with van der Waals surface area (Å²) in [4.78, 5) is 29.8. The third-order valence-corrected chi connectivity index (χ3v) is 7.58. The summed E-state index contributed by atoms with van der Waals surface area (Å²) < 4.78 is 5.17. The van der Waals surface area contributed by atoms with Crippen molar-refractivity contribution in [3.8, 4) is 5.75 Å². The lowest BCUT2D eigenvalue weighted by molar-refractivity contribution is -0.114. The molecule has 5 nitrogen and oxygen atoms in total. The van der Waals surface area contributed by atoms with Gasteiger partial charge in [0.2, 0.25) is 0 Å². The van der Waals surface area contributed by atoms with Crippen molar-refractivity contribution in [3.05, 3.63) is 130 Å². The maximum Gasteiger partial charge on any atom is 0.265 e. The van der Waals surface area contributed by atoms with Crippen molar-refractivity contribution in [2.24, 2.45) is 0 Å². The number of carbonyl (C=O) groups excluding carboxylic acids is 2. The number of ether oxygens (including phenoxy) is 1. The summed E-state index contributed by atoms with van der Waals surface area (Å²) in [5.74, 6) is 0.598. The molecule has 2 amide bonds. The SMILES string of the molecule is COc1ccc(CNC(=O)c2ccc(C=C3Sc4ccccc4N(Cc4ccccc4C)C3=O)cc2)cc1. The van der Waals surface area contributed by atoms with Crippen LogP contribution in [0.15, 0.2) is 107 Å². The molecule has 4 aromatic rings. The summed E-state index contributed by atoms with van der Waals surface area (Å²) in [5.41, 5.74) is 5.61. The Morgan fingerprint density at radius 2 is 1.63 bits per heavy atom. The van der Waals surface area contributed by atoms with Gasteiger partial charge in [0.05, 0.1) is 24.2 Å². The average Bonchev–Trinajstić information content (AvgIpc) is 2.95. The number of nitrogens with zero attached hydrogens (tertiary/aromatic N) is 1. The van der Waals surface area contributed by atoms with E-state index in [9.17, 15) is 9.59 Å². The van der Waals surface area contributed by atoms with Gasteiger partial charge in [-0.3, -0.25) is 9.59 Å². The Balaban J connectivity index is 1.32. The van der Waals surface area contributed by atoms with E-state index in [1.165, 1.54) is 11.8 Å². The third kappa shape index (κ3) is 5.66. The maximum absolute atomic E-state index is 13.6. The molecule has 1 aliphatic rings. The number of hydrogen-bond donors (Lipinski definition) is 1. The quantitative estimate of drug-likeness (QED) is 0.279. The fraction of sp³-hybridized carbons (Fsp3) is 0.125. The molecule has 0 radical (unpaired) electrons. The Labute approximate surface area is 227 Å². The number of nitrogens with one attached hydrogen (secondary N) is 1. The molecule has 6 heteroatoms. The van der Waals surface area contributed by atoms with Gasteiger partial charge in [-0.1, -0.05) is 72.4 Å². The van der Waals surface area contributed by atoms with E-state index in [-0.39, 0.29) is 11.8 Å². The smallest absolute Gasteiger partial charge is 0.265 e. The van der Waals surface area contributed by atoms with Crippen LogP contribution in [0, 0.1) is 6.92 Å². The van der Waals surface area contributed by atoms with E-state index in [4.69, 9.17) is 4.74 Å². The zero-order valence-electron chi connectivity index (χ0n) is 21.3. The number of rotatable bonds is 7. The van der Waals surface area contributed by atoms with Crippen LogP contribution in [0.1, 0.15) is 32.6 Å². The first-order valence-corrected chi connectivity index (χ1v) is 13.2. The molecule has 1 N–H and O–H groups in total. The van der Waals surface area contributed by atoms with Gasteiger partial charge in [-0.2, -0.15) is 0 Å². The Morgan fingerprint density at radius 3 is 2.37 bits per heavy atom. The number of hydrogen-bond acceptors (Lipinski definition) is 4. The van der Waals surface area contributed by atoms with Gasteiger partial charge in [-0.25, -0.2) is 0 Å². The van der Waals surface area contributed by atoms with E-state index in [1.54, 1.807) is 19.2 Å². The zero-order valence-corrected chi connectivity index (χ0v) is 22.1. The van der Waals surface area contributed by atoms with Crippen LogP contribution in [0.2, 0.25) is 0 Å². The number of thioether (sulfide) groups is 1. The minimum atomic E-state index is -0.151. The van der Waals surface area contributed by atoms with Gasteiger partial charge in [0, 0.05) is 17.0 Å². The highest BCUT2D eigenvalue weighted by Gasteiger charge is 2.29. The van der Waals surface area contributed by atoms with Crippen LogP contribution in [-0.2, 0) is 17.9 Å². The number of amides is 2. The van der Waals surface area contributed by atoms with E-state index in [2.05, 4.69) is 24.4 Å². The van der Waals surface area contributed by atoms with E-state index in [0.29, 0.717) is 23.6 Å². The molecule has 38 heavy (non-hydrogen) atoms. The number of methoxy groups -OCH3 is 1. The van der Waals surface area contributed by atoms with Crippen molar-refractivity contribution >= 4 is 35.3 Å². The summed E-state index contributed by atoms with van der Waals surface area (Å²) in [6.07, 6.45) is 1.90. The van der Waals surface area contributed by atoms with Gasteiger partial charge in [-0.15, -0.1) is 0 Å². The monoisotopic (exact) mass is 520 g/mol. The Bertz CT molecular complexity index is 1490. The largest absolute Gasteiger partial charge is 0.497 e. The summed E-state index contributed by atoms with van der Waals surface area (Å²) in [7, 11) is 1.62. The number of para-hydroxylation sites is 1. The molecule has 0 fully saturated rings. The molecule has 1 aliphatic heterocycles. The van der Waals surface area contributed by atoms with Gasteiger partial charge in [-0.05, 0) is 71.7 Å². The molecule has 190 valence electrons. The van der Waals surface area contributed by atoms with Crippen molar-refractivity contribution < 1.29 is 14.3 Å². The summed E-state index contributed by atoms with van der Waals surface area (Å²) >= 11 is 1.48. The van der Waals surface area contributed by atoms with E-state index >= 15 is 0 Å². The summed E-state index contributed by atoms with van der Waals surface area (Å²) in [6, 6.07) is 31.0. The van der Waals surface area contributed by atoms with Gasteiger partial charge in [0.25, 0.3) is 11.8 Å². The minimum Gasteiger partial charge on any atom is -0.497 e. The van der Waals surface area contributed by atoms with Gasteiger partial charge >= 0.3 is 0 Å². The van der Waals surface area contributed by atoms with Crippen molar-refractivity contribution in [2.75, 3.05) is 12.0 Å². The predicted molar refractivity (Wildman–Crippen MR) is 153 cm³/mol. The Morgan fingerprint density at radius 1 is 0.921 bits per heavy atom. The predicted octanol–water partition coefficient (Wildman–Crippen LogP) is 6.61. The van der Waals surface area contributed by atoms with Crippen LogP contribution in [0.25, 0.3) is 6.08 Å². The fourth-order valence-electron chi connectivity index (χ4n) is 4.29. The number of carbonyl (C=O) groups is 2. The molecule has 1 heterocycles. The highest BCUT2D eigenvalue weighted by molar-refractivity contribution is 8.04. The van der Waals surface area contributed by atoms with Crippen LogP contribution in [0.5, 0.6) is 5.75 Å². The van der Waals surface area contributed by atoms with Gasteiger partial charge in [0.1, 0.15) is 5.75 Å². The molecule has 0 aliphatic carbocycles. The van der Waals surface area contributed by atoms with Crippen LogP contribution in [0.3, 0.4) is 0 Å². The molecule has 0 atom stereocenters. The number of anilines is 1. The Kier molecular flexibility index (Phi) is 7.61. The first-order chi connectivity index (χ1) is 18.5. The minimum absolute atomic E-state index is 0.0294. The molecule has 5 rings (SSSR count). The number of fused-ring (bicyclic) bond motifs is 1. The second kappa shape index (κ2) is 11.4. The first kappa shape index (κ1) is 25.4. The van der Waals surface area contributed by atoms with Crippen molar-refractivity contribution in [1.29, 1.82) is 0 Å². The van der Waals surface area contributed by atoms with E-state index in [1.807, 2.05) is 83.8 Å². The van der Waals surface area contributed by atoms with Crippen molar-refractivity contribution in [1.82, 2.24) is 5.32 Å². The zero-order chi connectivity index (χ0) is 26.5. The fourth-order valence-corrected chi connectivity index (χ4v) is 5.35. The molecular weight excluding hydrogens is 492 g/mol. The molecule has 0 saturated heterocycles. The Hall–Kier alpha value is -4.29. The molecule has 0 saturated carbocycles. The lowest BCUT2D eigenvalue weighted by Crippen LogP contribution is -2.33. The molecule has 0 aromatic heterocycles. The van der Waals surface area contributed by atoms with Gasteiger partial charge in [0.15, 0.2) is 0 Å². The molecule has 0 spiro atoms. The standard InChI is InChI=1S/C32H28N2O3S/c1-22-7-3-4-8-26(22)21-34-28-9-5-6-10-29(28)38-30(32(34)36)19-23-11-15-25(16-12-23)31(35)33-20-24-13-17-27(37-2)18-14-24/h3-19H,20-21H2,1-2H3,(H,33,35). The highest BCUT2D eigenvalue weighted by atomic mass is 32.2. The van der Waals surface area contributed by atoms with E-state index < -0.39 is 0 Å². The number of benzene rings is 4. The average molecular weight is 521 g/mol. The summed E-state index contributed by atoms with van der Waals surface area (Å²) in [6.45, 7) is 3.00. The molecule has 0 bridgehead atoms. The van der Waals surface area contributed by atoms with Crippen LogP contribution in [0.4, 0.5) is 5.69 Å². The summed E-state index contributed by atoms with van der Waals surface area (Å²) in [5, 5.41) is 2.95. The van der Waals surface area contributed by atoms with Crippen LogP contribution >= 0.6 is 11.8 Å². The third-order valence-electron chi connectivity index (χ3n) is 6.50. The maximum atomic E-state index is 13.6. The van der Waals surface area contributed by atoms with Crippen LogP contribution < -0.4 is 15.0 Å². The van der Waals surface area contributed by atoms with Crippen LogP contribution in [-0.4, -0.2) is 18.9 Å². The van der Waals surface area contributed by atoms with Gasteiger partial charge < -0.3 is 15.0 Å². The lowest BCUT2D eigenvalue weighted by Gasteiger charge is -2.31. The normalized spacial score (nSPS) is 13.8. The lowest BCUT2D eigenvalue weighted by atomic mass is 10.1. The second-order valence-electron chi connectivity index (χ2n) is 9.05. The highest BCUT2D eigenvalue weighted by Crippen LogP contribution is 2.42. The van der Waals surface area contributed by atoms with E-state index in [0.717, 1.165) is 38.6 Å². The van der Waals surface area contributed by atoms with Crippen molar-refractivity contribution in [3.63, 3.8) is 0 Å². The molecule has 4 aromatic carbocycles. The molecular formula is C32H28N2O3S. The topological polar surface area (TPSA) is 58.6 Å². The van der Waals surface area contributed by atoms with Crippen molar-refractivity contribution in [2.45, 2.75) is 24.9 Å². The second-order valence-corrected chi connectivity index (χ2v) is 10.1. The number of aryl methyl sites for hydroxylation is 1.